The van der Waals surface area contributed by atoms with Gasteiger partial charge in [-0.05, 0) is 48.5 Å². The Bertz CT molecular complexity index is 2240. The van der Waals surface area contributed by atoms with Gasteiger partial charge < -0.3 is 0 Å². The minimum absolute atomic E-state index is 0.455. The van der Waals surface area contributed by atoms with Gasteiger partial charge in [0.2, 0.25) is 0 Å². The molecule has 0 radical (unpaired) electrons. The molecule has 0 bridgehead atoms. The van der Waals surface area contributed by atoms with E-state index in [1.165, 1.54) is 4.70 Å². The average molecular weight is 717 g/mol. The van der Waals surface area contributed by atoms with E-state index in [2.05, 4.69) is 75.3 Å². The number of hydrogen-bond donors (Lipinski definition) is 0. The second-order valence-corrected chi connectivity index (χ2v) is 16.6. The molecule has 48 heavy (non-hydrogen) atoms. The molecule has 0 atom stereocenters. The van der Waals surface area contributed by atoms with Crippen molar-refractivity contribution in [2.75, 3.05) is 0 Å². The summed E-state index contributed by atoms with van der Waals surface area (Å²) >= 11 is 6.73. The maximum atomic E-state index is 7.69. The van der Waals surface area contributed by atoms with E-state index in [0.29, 0.717) is 47.8 Å². The number of thiazole rings is 4. The van der Waals surface area contributed by atoms with Crippen LogP contribution in [-0.4, -0.2) is 19.9 Å². The van der Waals surface area contributed by atoms with Gasteiger partial charge in [-0.1, -0.05) is 104 Å². The first-order chi connectivity index (χ1) is 24.7. The number of aromatic nitrogens is 4. The lowest BCUT2D eigenvalue weighted by atomic mass is 10.2. The van der Waals surface area contributed by atoms with E-state index in [-0.39, 0.29) is 0 Å². The minimum Gasteiger partial charge on any atom is -0.241 e. The quantitative estimate of drug-likeness (QED) is 0.182. The summed E-state index contributed by atoms with van der Waals surface area (Å²) in [5, 5.41) is 4.55. The number of nitrogens with zero attached hydrogens (tertiary/aromatic N) is 4. The number of fused-ring (bicyclic) bond motifs is 4. The monoisotopic (exact) mass is 716 g/mol. The second kappa shape index (κ2) is 16.7. The summed E-state index contributed by atoms with van der Waals surface area (Å²) in [5.41, 5.74) is 3.78. The third-order valence-electron chi connectivity index (χ3n) is 6.94. The van der Waals surface area contributed by atoms with Gasteiger partial charge in [0.25, 0.3) is 0 Å². The number of hydrogen-bond acceptors (Lipinski definition) is 8. The Labute approximate surface area is 306 Å². The van der Waals surface area contributed by atoms with E-state index in [1.807, 2.05) is 60.7 Å². The molecule has 0 aliphatic carbocycles. The Morgan fingerprint density at radius 2 is 0.771 bits per heavy atom. The Morgan fingerprint density at radius 3 is 1.33 bits per heavy atom. The summed E-state index contributed by atoms with van der Waals surface area (Å²) in [5.74, 6) is 1.87. The van der Waals surface area contributed by atoms with E-state index in [0.717, 1.165) is 56.2 Å². The highest BCUT2D eigenvalue weighted by Crippen LogP contribution is 2.29. The lowest BCUT2D eigenvalue weighted by Crippen LogP contribution is -1.82. The molecular formula is C40H44N4S4. The van der Waals surface area contributed by atoms with Gasteiger partial charge in [-0.3, -0.25) is 0 Å². The number of benzene rings is 4. The van der Waals surface area contributed by atoms with Crippen molar-refractivity contribution in [3.05, 3.63) is 117 Å². The molecule has 4 heterocycles. The zero-order valence-corrected chi connectivity index (χ0v) is 31.9. The first-order valence-electron chi connectivity index (χ1n) is 18.2. The molecule has 0 saturated carbocycles. The molecule has 8 aromatic rings. The van der Waals surface area contributed by atoms with Crippen molar-refractivity contribution >= 4 is 86.2 Å². The molecule has 0 aliphatic rings. The molecule has 4 aromatic carbocycles. The Hall–Kier alpha value is -3.56. The van der Waals surface area contributed by atoms with Crippen LogP contribution in [0.25, 0.3) is 40.9 Å². The Balaban J connectivity index is 0.000000134. The smallest absolute Gasteiger partial charge is 0.0963 e. The lowest BCUT2D eigenvalue weighted by Gasteiger charge is -1.94. The molecule has 8 heteroatoms. The molecule has 0 N–H and O–H groups in total. The lowest BCUT2D eigenvalue weighted by molar-refractivity contribution is 0.857. The van der Waals surface area contributed by atoms with Gasteiger partial charge in [-0.2, -0.15) is 0 Å². The molecule has 248 valence electrons. The van der Waals surface area contributed by atoms with Gasteiger partial charge in [0.1, 0.15) is 0 Å². The first kappa shape index (κ1) is 30.5. The van der Waals surface area contributed by atoms with Crippen molar-refractivity contribution in [1.29, 1.82) is 0 Å². The molecule has 0 amide bonds. The van der Waals surface area contributed by atoms with Gasteiger partial charge in [-0.25, -0.2) is 19.9 Å². The third-order valence-corrected chi connectivity index (χ3v) is 12.2. The standard InChI is InChI=1S/4C10H11NS/c4*1-7(2)10-11-8-5-3-4-6-9(8)12-10/h4*3-7H,1-2H3/i6T;5T;4T;3T. The van der Waals surface area contributed by atoms with Crippen molar-refractivity contribution < 1.29 is 5.48 Å². The summed E-state index contributed by atoms with van der Waals surface area (Å²) in [6.45, 7) is 17.1. The summed E-state index contributed by atoms with van der Waals surface area (Å²) in [6, 6.07) is 24.8. The Kier molecular flexibility index (Phi) is 10.6. The van der Waals surface area contributed by atoms with Crippen LogP contribution >= 0.6 is 45.3 Å². The molecular weight excluding hydrogens is 665 g/mol. The van der Waals surface area contributed by atoms with Crippen LogP contribution in [0.1, 0.15) is 105 Å². The largest absolute Gasteiger partial charge is 0.241 e. The highest BCUT2D eigenvalue weighted by atomic mass is 32.1. The number of rotatable bonds is 4. The van der Waals surface area contributed by atoms with Gasteiger partial charge in [-0.15, -0.1) is 45.3 Å². The molecule has 0 saturated heterocycles. The van der Waals surface area contributed by atoms with Crippen LogP contribution in [0.5, 0.6) is 0 Å². The van der Waals surface area contributed by atoms with E-state index in [1.54, 1.807) is 57.5 Å². The highest BCUT2D eigenvalue weighted by molar-refractivity contribution is 7.19. The third kappa shape index (κ3) is 9.32. The zero-order valence-electron chi connectivity index (χ0n) is 32.7. The van der Waals surface area contributed by atoms with Crippen LogP contribution in [0.15, 0.2) is 97.0 Å². The van der Waals surface area contributed by atoms with Gasteiger partial charge in [0.15, 0.2) is 0 Å². The van der Waals surface area contributed by atoms with Crippen molar-refractivity contribution in [2.24, 2.45) is 0 Å². The second-order valence-electron chi connectivity index (χ2n) is 12.4. The number of para-hydroxylation sites is 4. The van der Waals surface area contributed by atoms with Gasteiger partial charge >= 0.3 is 0 Å². The van der Waals surface area contributed by atoms with Crippen molar-refractivity contribution in [3.8, 4) is 0 Å². The predicted octanol–water partition coefficient (Wildman–Crippen LogP) is 13.7. The molecule has 4 aromatic heterocycles. The maximum absolute atomic E-state index is 7.69. The predicted molar refractivity (Wildman–Crippen MR) is 215 cm³/mol. The summed E-state index contributed by atoms with van der Waals surface area (Å²) in [6.07, 6.45) is 0. The minimum atomic E-state index is 0.455. The van der Waals surface area contributed by atoms with Gasteiger partial charge in [0.05, 0.1) is 66.4 Å². The van der Waals surface area contributed by atoms with Crippen molar-refractivity contribution in [2.45, 2.75) is 79.1 Å². The van der Waals surface area contributed by atoms with Gasteiger partial charge in [0, 0.05) is 23.7 Å². The molecule has 8 rings (SSSR count). The summed E-state index contributed by atoms with van der Waals surface area (Å²) in [4.78, 5) is 17.9. The van der Waals surface area contributed by atoms with E-state index >= 15 is 0 Å². The van der Waals surface area contributed by atoms with Crippen molar-refractivity contribution in [3.63, 3.8) is 0 Å². The summed E-state index contributed by atoms with van der Waals surface area (Å²) < 4.78 is 34.7. The zero-order chi connectivity index (χ0) is 37.7. The SMILES string of the molecule is [3H]c1ccc2nc(C(C)C)sc2c1.[3H]c1ccc2sc(C(C)C)nc2c1.[3H]c1cccc2nc(C(C)C)sc12.[3H]c1cccc2sc(C(C)C)nc12. The van der Waals surface area contributed by atoms with Crippen molar-refractivity contribution in [1.82, 2.24) is 19.9 Å². The fourth-order valence-corrected chi connectivity index (χ4v) is 8.10. The molecule has 0 fully saturated rings. The van der Waals surface area contributed by atoms with Crippen LogP contribution < -0.4 is 0 Å². The van der Waals surface area contributed by atoms with Crippen LogP contribution in [0.2, 0.25) is 0 Å². The van der Waals surface area contributed by atoms with Crippen LogP contribution in [0.3, 0.4) is 0 Å². The molecule has 0 unspecified atom stereocenters. The topological polar surface area (TPSA) is 51.6 Å². The van der Waals surface area contributed by atoms with E-state index in [9.17, 15) is 0 Å². The molecule has 4 nitrogen and oxygen atoms in total. The van der Waals surface area contributed by atoms with Crippen LogP contribution in [0, 0.1) is 0 Å². The highest BCUT2D eigenvalue weighted by Gasteiger charge is 2.08. The first-order valence-corrected chi connectivity index (χ1v) is 19.4. The van der Waals surface area contributed by atoms with Crippen LogP contribution in [0.4, 0.5) is 0 Å². The fraction of sp³-hybridized carbons (Fsp3) is 0.300. The molecule has 0 aliphatic heterocycles. The van der Waals surface area contributed by atoms with Crippen LogP contribution in [-0.2, 0) is 0 Å². The van der Waals surface area contributed by atoms with E-state index < -0.39 is 0 Å². The maximum Gasteiger partial charge on any atom is 0.0963 e. The van der Waals surface area contributed by atoms with E-state index in [4.69, 9.17) is 5.48 Å². The normalized spacial score (nSPS) is 12.4. The fourth-order valence-electron chi connectivity index (χ4n) is 4.31. The Morgan fingerprint density at radius 1 is 0.396 bits per heavy atom. The summed E-state index contributed by atoms with van der Waals surface area (Å²) in [7, 11) is 0. The molecule has 0 spiro atoms. The average Bonchev–Trinajstić information content (AvgIpc) is 3.90.